The van der Waals surface area contributed by atoms with Crippen molar-refractivity contribution in [2.75, 3.05) is 34.3 Å². The molecule has 0 aliphatic rings. The lowest BCUT2D eigenvalue weighted by Gasteiger charge is -2.26. The Labute approximate surface area is 163 Å². The zero-order valence-corrected chi connectivity index (χ0v) is 17.0. The molecule has 3 rings (SSSR count). The van der Waals surface area contributed by atoms with E-state index in [0.29, 0.717) is 22.2 Å². The maximum absolute atomic E-state index is 12.8. The highest BCUT2D eigenvalue weighted by molar-refractivity contribution is 7.24. The fourth-order valence-electron chi connectivity index (χ4n) is 2.92. The normalized spacial score (nSPS) is 12.8. The van der Waals surface area contributed by atoms with E-state index in [2.05, 4.69) is 0 Å². The van der Waals surface area contributed by atoms with E-state index in [4.69, 9.17) is 4.74 Å². The summed E-state index contributed by atoms with van der Waals surface area (Å²) in [6, 6.07) is 11.5. The second-order valence-corrected chi connectivity index (χ2v) is 8.61. The summed E-state index contributed by atoms with van der Waals surface area (Å²) in [4.78, 5) is 12.8. The van der Waals surface area contributed by atoms with Crippen LogP contribution in [0, 0.1) is 6.92 Å². The average Bonchev–Trinajstić information content (AvgIpc) is 2.52. The van der Waals surface area contributed by atoms with E-state index in [9.17, 15) is 9.90 Å². The van der Waals surface area contributed by atoms with Crippen molar-refractivity contribution in [2.24, 2.45) is 0 Å². The van der Waals surface area contributed by atoms with E-state index < -0.39 is 6.10 Å². The van der Waals surface area contributed by atoms with Crippen LogP contribution in [0.1, 0.15) is 5.56 Å². The first kappa shape index (κ1) is 20.6. The lowest BCUT2D eigenvalue weighted by molar-refractivity contribution is -0.873. The first-order valence-corrected chi connectivity index (χ1v) is 9.13. The Balaban J connectivity index is 0.00000243. The van der Waals surface area contributed by atoms with Crippen LogP contribution in [-0.4, -0.2) is 50.0 Å². The van der Waals surface area contributed by atoms with Crippen molar-refractivity contribution in [3.63, 3.8) is 0 Å². The lowest BCUT2D eigenvalue weighted by Crippen LogP contribution is -3.00. The van der Waals surface area contributed by atoms with Gasteiger partial charge in [-0.1, -0.05) is 11.6 Å². The van der Waals surface area contributed by atoms with Gasteiger partial charge in [0, 0.05) is 20.2 Å². The van der Waals surface area contributed by atoms with Crippen molar-refractivity contribution < 1.29 is 26.7 Å². The number of aliphatic hydroxyl groups is 1. The van der Waals surface area contributed by atoms with Crippen molar-refractivity contribution in [3.05, 3.63) is 52.2 Å². The summed E-state index contributed by atoms with van der Waals surface area (Å²) in [5, 5.41) is 11.5. The highest BCUT2D eigenvalue weighted by atomic mass is 35.5. The van der Waals surface area contributed by atoms with Gasteiger partial charge in [-0.25, -0.2) is 0 Å². The fourth-order valence-corrected chi connectivity index (χ4v) is 3.95. The number of rotatable bonds is 5. The smallest absolute Gasteiger partial charge is 0.196 e. The minimum atomic E-state index is -0.551. The van der Waals surface area contributed by atoms with Crippen LogP contribution in [-0.2, 0) is 0 Å². The molecule has 2 aromatic carbocycles. The summed E-state index contributed by atoms with van der Waals surface area (Å²) in [6.45, 7) is 2.81. The Morgan fingerprint density at radius 2 is 1.69 bits per heavy atom. The SMILES string of the molecule is Cc1ccc2sc3ccc(OCC(O)C[N+](C)(C)C)cc3c(=O)c2c1.[Cl-]. The van der Waals surface area contributed by atoms with Crippen LogP contribution in [0.25, 0.3) is 20.2 Å². The molecule has 0 spiro atoms. The number of benzene rings is 2. The Bertz CT molecular complexity index is 978. The van der Waals surface area contributed by atoms with Crippen molar-refractivity contribution in [1.29, 1.82) is 0 Å². The van der Waals surface area contributed by atoms with Gasteiger partial charge in [0.15, 0.2) is 5.43 Å². The van der Waals surface area contributed by atoms with Crippen molar-refractivity contribution in [3.8, 4) is 5.75 Å². The monoisotopic (exact) mass is 393 g/mol. The molecule has 1 aromatic heterocycles. The Morgan fingerprint density at radius 3 is 2.35 bits per heavy atom. The number of hydrogen-bond donors (Lipinski definition) is 1. The molecule has 0 bridgehead atoms. The van der Waals surface area contributed by atoms with Crippen LogP contribution >= 0.6 is 11.3 Å². The summed E-state index contributed by atoms with van der Waals surface area (Å²) < 4.78 is 8.33. The highest BCUT2D eigenvalue weighted by Crippen LogP contribution is 2.28. The van der Waals surface area contributed by atoms with Gasteiger partial charge in [-0.15, -0.1) is 11.3 Å². The molecule has 6 heteroatoms. The molecule has 0 saturated carbocycles. The first-order valence-electron chi connectivity index (χ1n) is 8.31. The molecule has 3 aromatic rings. The lowest BCUT2D eigenvalue weighted by atomic mass is 10.1. The van der Waals surface area contributed by atoms with Gasteiger partial charge < -0.3 is 26.7 Å². The summed E-state index contributed by atoms with van der Waals surface area (Å²) in [6.07, 6.45) is -0.551. The molecule has 0 radical (unpaired) electrons. The summed E-state index contributed by atoms with van der Waals surface area (Å²) >= 11 is 1.61. The largest absolute Gasteiger partial charge is 1.00 e. The molecule has 1 unspecified atom stereocenters. The van der Waals surface area contributed by atoms with E-state index in [1.54, 1.807) is 17.4 Å². The second kappa shape index (κ2) is 7.92. The molecule has 1 N–H and O–H groups in total. The molecule has 0 amide bonds. The average molecular weight is 394 g/mol. The number of hydrogen-bond acceptors (Lipinski definition) is 4. The van der Waals surface area contributed by atoms with Gasteiger partial charge in [-0.05, 0) is 37.3 Å². The Kier molecular flexibility index (Phi) is 6.29. The molecule has 1 heterocycles. The van der Waals surface area contributed by atoms with Crippen LogP contribution in [0.2, 0.25) is 0 Å². The van der Waals surface area contributed by atoms with Gasteiger partial charge in [0.1, 0.15) is 25.0 Å². The minimum absolute atomic E-state index is 0. The number of aryl methyl sites for hydroxylation is 1. The number of nitrogens with zero attached hydrogens (tertiary/aromatic N) is 1. The molecular weight excluding hydrogens is 370 g/mol. The Morgan fingerprint density at radius 1 is 1.08 bits per heavy atom. The van der Waals surface area contributed by atoms with E-state index in [1.807, 2.05) is 58.4 Å². The zero-order valence-electron chi connectivity index (χ0n) is 15.5. The van der Waals surface area contributed by atoms with Gasteiger partial charge in [0.2, 0.25) is 0 Å². The highest BCUT2D eigenvalue weighted by Gasteiger charge is 2.16. The fraction of sp³-hybridized carbons (Fsp3) is 0.350. The van der Waals surface area contributed by atoms with Crippen molar-refractivity contribution >= 4 is 31.5 Å². The molecule has 1 atom stereocenters. The Hall–Kier alpha value is -1.66. The predicted octanol–water partition coefficient (Wildman–Crippen LogP) is 0.173. The molecule has 26 heavy (non-hydrogen) atoms. The maximum atomic E-state index is 12.8. The molecule has 140 valence electrons. The van der Waals surface area contributed by atoms with E-state index >= 15 is 0 Å². The summed E-state index contributed by atoms with van der Waals surface area (Å²) in [5.41, 5.74) is 1.11. The standard InChI is InChI=1S/C20H24NO3S.ClH/c1-13-5-7-18-16(9-13)20(23)17-10-15(6-8-19(17)25-18)24-12-14(22)11-21(2,3)4;/h5-10,14,22H,11-12H2,1-4H3;1H/q+1;/p-1. The zero-order chi connectivity index (χ0) is 18.2. The number of aliphatic hydroxyl groups excluding tert-OH is 1. The van der Waals surface area contributed by atoms with Crippen LogP contribution in [0.4, 0.5) is 0 Å². The van der Waals surface area contributed by atoms with Crippen LogP contribution in [0.3, 0.4) is 0 Å². The third kappa shape index (κ3) is 4.74. The van der Waals surface area contributed by atoms with Crippen LogP contribution in [0.5, 0.6) is 5.75 Å². The number of ether oxygens (including phenoxy) is 1. The molecule has 0 aliphatic heterocycles. The number of quaternary nitrogens is 1. The molecule has 0 saturated heterocycles. The van der Waals surface area contributed by atoms with Gasteiger partial charge in [0.25, 0.3) is 0 Å². The van der Waals surface area contributed by atoms with Gasteiger partial charge in [0.05, 0.1) is 21.1 Å². The number of likely N-dealkylation sites (N-methyl/N-ethyl adjacent to an activating group) is 1. The van der Waals surface area contributed by atoms with Crippen molar-refractivity contribution in [2.45, 2.75) is 13.0 Å². The minimum Gasteiger partial charge on any atom is -1.00 e. The molecular formula is C20H24ClNO3S. The summed E-state index contributed by atoms with van der Waals surface area (Å²) in [5.74, 6) is 0.615. The first-order chi connectivity index (χ1) is 11.7. The third-order valence-corrected chi connectivity index (χ3v) is 5.15. The van der Waals surface area contributed by atoms with Gasteiger partial charge in [-0.2, -0.15) is 0 Å². The quantitative estimate of drug-likeness (QED) is 0.496. The number of fused-ring (bicyclic) bond motifs is 2. The summed E-state index contributed by atoms with van der Waals surface area (Å²) in [7, 11) is 6.08. The van der Waals surface area contributed by atoms with Crippen LogP contribution in [0.15, 0.2) is 41.2 Å². The second-order valence-electron chi connectivity index (χ2n) is 7.53. The molecule has 4 nitrogen and oxygen atoms in total. The predicted molar refractivity (Wildman–Crippen MR) is 105 cm³/mol. The van der Waals surface area contributed by atoms with Crippen molar-refractivity contribution in [1.82, 2.24) is 0 Å². The van der Waals surface area contributed by atoms with Gasteiger partial charge in [-0.3, -0.25) is 4.79 Å². The van der Waals surface area contributed by atoms with E-state index in [-0.39, 0.29) is 24.4 Å². The van der Waals surface area contributed by atoms with Crippen LogP contribution < -0.4 is 22.6 Å². The van der Waals surface area contributed by atoms with E-state index in [0.717, 1.165) is 20.3 Å². The van der Waals surface area contributed by atoms with E-state index in [1.165, 1.54) is 0 Å². The maximum Gasteiger partial charge on any atom is 0.196 e. The van der Waals surface area contributed by atoms with Gasteiger partial charge >= 0.3 is 0 Å². The third-order valence-electron chi connectivity index (χ3n) is 4.00. The molecule has 0 aliphatic carbocycles. The molecule has 0 fully saturated rings. The topological polar surface area (TPSA) is 46.5 Å². The number of halogens is 1.